The van der Waals surface area contributed by atoms with E-state index >= 15 is 0 Å². The monoisotopic (exact) mass is 224 g/mol. The van der Waals surface area contributed by atoms with E-state index in [1.54, 1.807) is 14.0 Å². The lowest BCUT2D eigenvalue weighted by atomic mass is 10.1. The lowest BCUT2D eigenvalue weighted by Crippen LogP contribution is -1.88. The quantitative estimate of drug-likeness (QED) is 0.852. The van der Waals surface area contributed by atoms with Gasteiger partial charge in [0.05, 0.1) is 0 Å². The lowest BCUT2D eigenvalue weighted by molar-refractivity contribution is 0.509. The second kappa shape index (κ2) is 3.92. The van der Waals surface area contributed by atoms with Gasteiger partial charge in [0, 0.05) is 12.6 Å². The van der Waals surface area contributed by atoms with E-state index in [0.29, 0.717) is 23.0 Å². The Bertz CT molecular complexity index is 523. The van der Waals surface area contributed by atoms with Gasteiger partial charge in [-0.25, -0.2) is 8.78 Å². The Morgan fingerprint density at radius 2 is 2.00 bits per heavy atom. The number of rotatable bonds is 2. The van der Waals surface area contributed by atoms with Crippen LogP contribution in [0.25, 0.3) is 11.3 Å². The molecule has 1 aromatic carbocycles. The van der Waals surface area contributed by atoms with Gasteiger partial charge >= 0.3 is 0 Å². The number of nitrogens with zero attached hydrogens (tertiary/aromatic N) is 1. The fourth-order valence-corrected chi connectivity index (χ4v) is 1.41. The van der Waals surface area contributed by atoms with Crippen LogP contribution in [-0.4, -0.2) is 12.0 Å². The van der Waals surface area contributed by atoms with E-state index in [2.05, 4.69) is 10.3 Å². The second-order valence-electron chi connectivity index (χ2n) is 3.30. The van der Waals surface area contributed by atoms with Crippen LogP contribution < -0.4 is 5.32 Å². The highest BCUT2D eigenvalue weighted by Crippen LogP contribution is 2.26. The van der Waals surface area contributed by atoms with Gasteiger partial charge in [-0.3, -0.25) is 0 Å². The molecule has 0 saturated heterocycles. The molecule has 0 radical (unpaired) electrons. The van der Waals surface area contributed by atoms with E-state index in [9.17, 15) is 8.78 Å². The number of hydrogen-bond donors (Lipinski definition) is 1. The molecule has 84 valence electrons. The molecule has 0 unspecified atom stereocenters. The Hall–Kier alpha value is -1.91. The minimum Gasteiger partial charge on any atom is -0.428 e. The molecule has 0 bridgehead atoms. The smallest absolute Gasteiger partial charge is 0.295 e. The molecule has 5 heteroatoms. The van der Waals surface area contributed by atoms with Crippen LogP contribution in [0.1, 0.15) is 5.76 Å². The molecule has 1 N–H and O–H groups in total. The highest BCUT2D eigenvalue weighted by molar-refractivity contribution is 5.62. The molecular weight excluding hydrogens is 214 g/mol. The van der Waals surface area contributed by atoms with Gasteiger partial charge in [-0.2, -0.15) is 4.98 Å². The van der Waals surface area contributed by atoms with Crippen LogP contribution >= 0.6 is 0 Å². The molecule has 2 rings (SSSR count). The van der Waals surface area contributed by atoms with Crippen LogP contribution in [0.2, 0.25) is 0 Å². The van der Waals surface area contributed by atoms with Gasteiger partial charge in [-0.1, -0.05) is 0 Å². The molecule has 3 nitrogen and oxygen atoms in total. The average molecular weight is 224 g/mol. The number of benzene rings is 1. The molecule has 0 amide bonds. The molecule has 0 saturated carbocycles. The van der Waals surface area contributed by atoms with E-state index in [4.69, 9.17) is 4.42 Å². The summed E-state index contributed by atoms with van der Waals surface area (Å²) in [5.74, 6) is -1.22. The molecule has 16 heavy (non-hydrogen) atoms. The summed E-state index contributed by atoms with van der Waals surface area (Å²) in [6.07, 6.45) is 0. The third-order valence-corrected chi connectivity index (χ3v) is 2.20. The van der Waals surface area contributed by atoms with Crippen LogP contribution in [0.5, 0.6) is 0 Å². The summed E-state index contributed by atoms with van der Waals surface area (Å²) in [4.78, 5) is 4.10. The zero-order valence-electron chi connectivity index (χ0n) is 8.84. The highest BCUT2D eigenvalue weighted by atomic mass is 19.2. The van der Waals surface area contributed by atoms with Gasteiger partial charge in [-0.15, -0.1) is 0 Å². The SMILES string of the molecule is CNc1nc(-c2ccc(F)c(F)c2)c(C)o1. The number of anilines is 1. The number of hydrogen-bond acceptors (Lipinski definition) is 3. The third-order valence-electron chi connectivity index (χ3n) is 2.20. The third kappa shape index (κ3) is 1.76. The molecule has 0 atom stereocenters. The van der Waals surface area contributed by atoms with Crippen LogP contribution in [-0.2, 0) is 0 Å². The zero-order valence-corrected chi connectivity index (χ0v) is 8.84. The number of nitrogens with one attached hydrogen (secondary N) is 1. The standard InChI is InChI=1S/C11H10F2N2O/c1-6-10(15-11(14-2)16-6)7-3-4-8(12)9(13)5-7/h3-5H,1-2H3,(H,14,15). The van der Waals surface area contributed by atoms with E-state index in [1.165, 1.54) is 6.07 Å². The van der Waals surface area contributed by atoms with Gasteiger partial charge in [0.25, 0.3) is 6.01 Å². The Kier molecular flexibility index (Phi) is 2.60. The maximum atomic E-state index is 13.0. The van der Waals surface area contributed by atoms with E-state index in [0.717, 1.165) is 12.1 Å². The van der Waals surface area contributed by atoms with Gasteiger partial charge in [-0.05, 0) is 25.1 Å². The minimum atomic E-state index is -0.897. The van der Waals surface area contributed by atoms with Gasteiger partial charge < -0.3 is 9.73 Å². The van der Waals surface area contributed by atoms with Crippen molar-refractivity contribution in [3.8, 4) is 11.3 Å². The summed E-state index contributed by atoms with van der Waals surface area (Å²) in [7, 11) is 1.67. The van der Waals surface area contributed by atoms with Crippen molar-refractivity contribution in [2.75, 3.05) is 12.4 Å². The molecule has 1 heterocycles. The second-order valence-corrected chi connectivity index (χ2v) is 3.30. The molecule has 1 aromatic heterocycles. The molecule has 0 aliphatic carbocycles. The van der Waals surface area contributed by atoms with Crippen molar-refractivity contribution < 1.29 is 13.2 Å². The Morgan fingerprint density at radius 1 is 1.25 bits per heavy atom. The van der Waals surface area contributed by atoms with Crippen molar-refractivity contribution in [2.45, 2.75) is 6.92 Å². The number of aromatic nitrogens is 1. The molecule has 0 fully saturated rings. The molecule has 0 aliphatic rings. The van der Waals surface area contributed by atoms with E-state index in [1.807, 2.05) is 0 Å². The Labute approximate surface area is 91.1 Å². The zero-order chi connectivity index (χ0) is 11.7. The normalized spacial score (nSPS) is 10.5. The lowest BCUT2D eigenvalue weighted by Gasteiger charge is -1.98. The van der Waals surface area contributed by atoms with E-state index in [-0.39, 0.29) is 0 Å². The summed E-state index contributed by atoms with van der Waals surface area (Å²) in [5, 5.41) is 2.74. The summed E-state index contributed by atoms with van der Waals surface area (Å²) < 4.78 is 31.0. The van der Waals surface area contributed by atoms with Crippen molar-refractivity contribution in [3.63, 3.8) is 0 Å². The molecule has 2 aromatic rings. The predicted octanol–water partition coefficient (Wildman–Crippen LogP) is 2.97. The first-order valence-corrected chi connectivity index (χ1v) is 4.72. The van der Waals surface area contributed by atoms with Crippen molar-refractivity contribution in [3.05, 3.63) is 35.6 Å². The molecular formula is C11H10F2N2O. The van der Waals surface area contributed by atoms with Gasteiger partial charge in [0.1, 0.15) is 11.5 Å². The highest BCUT2D eigenvalue weighted by Gasteiger charge is 2.12. The summed E-state index contributed by atoms with van der Waals surface area (Å²) in [6, 6.07) is 3.97. The van der Waals surface area contributed by atoms with Gasteiger partial charge in [0.2, 0.25) is 0 Å². The van der Waals surface area contributed by atoms with Crippen molar-refractivity contribution in [2.24, 2.45) is 0 Å². The van der Waals surface area contributed by atoms with Gasteiger partial charge in [0.15, 0.2) is 11.6 Å². The Balaban J connectivity index is 2.49. The first-order valence-electron chi connectivity index (χ1n) is 4.72. The van der Waals surface area contributed by atoms with Crippen LogP contribution in [0.3, 0.4) is 0 Å². The van der Waals surface area contributed by atoms with Crippen LogP contribution in [0, 0.1) is 18.6 Å². The summed E-state index contributed by atoms with van der Waals surface area (Å²) in [5.41, 5.74) is 0.991. The minimum absolute atomic E-state index is 0.345. The Morgan fingerprint density at radius 3 is 2.56 bits per heavy atom. The fraction of sp³-hybridized carbons (Fsp3) is 0.182. The van der Waals surface area contributed by atoms with Crippen molar-refractivity contribution in [1.82, 2.24) is 4.98 Å². The summed E-state index contributed by atoms with van der Waals surface area (Å²) in [6.45, 7) is 1.71. The maximum absolute atomic E-state index is 13.0. The fourth-order valence-electron chi connectivity index (χ4n) is 1.41. The van der Waals surface area contributed by atoms with Crippen LogP contribution in [0.15, 0.2) is 22.6 Å². The molecule has 0 aliphatic heterocycles. The van der Waals surface area contributed by atoms with Crippen LogP contribution in [0.4, 0.5) is 14.8 Å². The summed E-state index contributed by atoms with van der Waals surface area (Å²) >= 11 is 0. The molecule has 0 spiro atoms. The topological polar surface area (TPSA) is 38.1 Å². The van der Waals surface area contributed by atoms with E-state index < -0.39 is 11.6 Å². The number of halogens is 2. The average Bonchev–Trinajstić information content (AvgIpc) is 2.64. The largest absolute Gasteiger partial charge is 0.428 e. The number of aryl methyl sites for hydroxylation is 1. The van der Waals surface area contributed by atoms with Crippen molar-refractivity contribution in [1.29, 1.82) is 0 Å². The first-order chi connectivity index (χ1) is 7.61. The predicted molar refractivity (Wildman–Crippen MR) is 56.1 cm³/mol. The maximum Gasteiger partial charge on any atom is 0.295 e. The number of oxazole rings is 1. The first kappa shape index (κ1) is 10.6. The van der Waals surface area contributed by atoms with Crippen molar-refractivity contribution >= 4 is 6.01 Å².